The maximum absolute atomic E-state index is 11.4. The summed E-state index contributed by atoms with van der Waals surface area (Å²) < 4.78 is 22.3. The summed E-state index contributed by atoms with van der Waals surface area (Å²) in [6.45, 7) is 1.48. The number of carbonyl (C=O) groups excluding carboxylic acids is 1. The number of aromatic nitrogens is 1. The highest BCUT2D eigenvalue weighted by Gasteiger charge is 2.10. The number of hydrogen-bond donors (Lipinski definition) is 3. The number of rotatable bonds is 4. The van der Waals surface area contributed by atoms with E-state index in [9.17, 15) is 13.2 Å². The molecule has 0 saturated heterocycles. The molecule has 0 bridgehead atoms. The molecule has 7 nitrogen and oxygen atoms in total. The molecule has 8 heteroatoms. The molecule has 1 aromatic heterocycles. The Balaban J connectivity index is 2.67. The van der Waals surface area contributed by atoms with Gasteiger partial charge in [0, 0.05) is 6.26 Å². The summed E-state index contributed by atoms with van der Waals surface area (Å²) in [7, 11) is -3.34. The number of nitrogens with zero attached hydrogens (tertiary/aromatic N) is 1. The average Bonchev–Trinajstić information content (AvgIpc) is 2.28. The van der Waals surface area contributed by atoms with E-state index in [0.29, 0.717) is 5.69 Å². The lowest BCUT2D eigenvalue weighted by atomic mass is 10.4. The normalized spacial score (nSPS) is 12.8. The number of sulfone groups is 1. The Hall–Kier alpha value is -1.67. The monoisotopic (exact) mass is 273 g/mol. The molecule has 3 N–H and O–H groups in total. The van der Waals surface area contributed by atoms with Gasteiger partial charge in [-0.25, -0.2) is 18.2 Å². The first kappa shape index (κ1) is 14.4. The Kier molecular flexibility index (Phi) is 4.62. The molecule has 0 aromatic carbocycles. The molecule has 1 aromatic rings. The smallest absolute Gasteiger partial charge is 0.319 e. The molecule has 100 valence electrons. The number of hydrogen-bond acceptors (Lipinski definition) is 5. The summed E-state index contributed by atoms with van der Waals surface area (Å²) in [6.07, 6.45) is 2.30. The molecule has 1 heterocycles. The second-order valence-electron chi connectivity index (χ2n) is 3.84. The summed E-state index contributed by atoms with van der Waals surface area (Å²) in [5.41, 5.74) is 0.366. The third-order valence-electron chi connectivity index (χ3n) is 2.03. The van der Waals surface area contributed by atoms with Crippen LogP contribution in [0.25, 0.3) is 0 Å². The van der Waals surface area contributed by atoms with E-state index in [2.05, 4.69) is 15.6 Å². The van der Waals surface area contributed by atoms with Crippen molar-refractivity contribution >= 4 is 21.6 Å². The highest BCUT2D eigenvalue weighted by molar-refractivity contribution is 7.90. The Morgan fingerprint density at radius 3 is 2.61 bits per heavy atom. The largest absolute Gasteiger partial charge is 0.394 e. The quantitative estimate of drug-likeness (QED) is 0.715. The Labute approximate surface area is 105 Å². The molecular formula is C10H15N3O4S. The second kappa shape index (κ2) is 5.78. The summed E-state index contributed by atoms with van der Waals surface area (Å²) >= 11 is 0. The molecule has 0 spiro atoms. The van der Waals surface area contributed by atoms with Gasteiger partial charge in [-0.1, -0.05) is 0 Å². The number of urea groups is 1. The zero-order chi connectivity index (χ0) is 13.8. The van der Waals surface area contributed by atoms with Crippen molar-refractivity contribution in [1.29, 1.82) is 0 Å². The average molecular weight is 273 g/mol. The first-order valence-electron chi connectivity index (χ1n) is 5.17. The Bertz CT molecular complexity index is 512. The van der Waals surface area contributed by atoms with Crippen molar-refractivity contribution < 1.29 is 18.3 Å². The maximum atomic E-state index is 11.4. The lowest BCUT2D eigenvalue weighted by Crippen LogP contribution is -2.38. The summed E-state index contributed by atoms with van der Waals surface area (Å²) in [6, 6.07) is 1.88. The van der Waals surface area contributed by atoms with Gasteiger partial charge in [0.15, 0.2) is 14.9 Å². The van der Waals surface area contributed by atoms with Crippen LogP contribution in [0.4, 0.5) is 10.5 Å². The van der Waals surface area contributed by atoms with E-state index < -0.39 is 15.9 Å². The highest BCUT2D eigenvalue weighted by atomic mass is 32.2. The van der Waals surface area contributed by atoms with Crippen LogP contribution in [0.5, 0.6) is 0 Å². The first-order valence-corrected chi connectivity index (χ1v) is 7.06. The summed E-state index contributed by atoms with van der Waals surface area (Å²) in [5.74, 6) is 0. The number of aliphatic hydroxyl groups excluding tert-OH is 1. The van der Waals surface area contributed by atoms with Gasteiger partial charge in [0.2, 0.25) is 0 Å². The van der Waals surface area contributed by atoms with Crippen molar-refractivity contribution in [2.45, 2.75) is 18.0 Å². The fourth-order valence-corrected chi connectivity index (χ4v) is 1.67. The van der Waals surface area contributed by atoms with Crippen molar-refractivity contribution in [1.82, 2.24) is 10.3 Å². The van der Waals surface area contributed by atoms with Crippen LogP contribution in [-0.4, -0.2) is 43.4 Å². The molecule has 1 rings (SSSR count). The minimum absolute atomic E-state index is 0.0582. The molecule has 0 aliphatic rings. The van der Waals surface area contributed by atoms with Crippen molar-refractivity contribution in [3.63, 3.8) is 0 Å². The molecule has 2 amide bonds. The number of aliphatic hydroxyl groups is 1. The molecule has 0 fully saturated rings. The zero-order valence-corrected chi connectivity index (χ0v) is 10.9. The van der Waals surface area contributed by atoms with Crippen molar-refractivity contribution in [2.24, 2.45) is 0 Å². The molecule has 0 aliphatic carbocycles. The molecule has 18 heavy (non-hydrogen) atoms. The Morgan fingerprint density at radius 2 is 2.17 bits per heavy atom. The number of carbonyl (C=O) groups is 1. The van der Waals surface area contributed by atoms with E-state index in [1.807, 2.05) is 0 Å². The third-order valence-corrected chi connectivity index (χ3v) is 3.03. The molecule has 0 aliphatic heterocycles. The van der Waals surface area contributed by atoms with Crippen LogP contribution in [0.1, 0.15) is 6.92 Å². The topological polar surface area (TPSA) is 108 Å². The molecule has 1 atom stereocenters. The summed E-state index contributed by atoms with van der Waals surface area (Å²) in [5, 5.41) is 13.6. The van der Waals surface area contributed by atoms with Gasteiger partial charge in [0.25, 0.3) is 0 Å². The number of amides is 2. The molecular weight excluding hydrogens is 258 g/mol. The molecule has 0 saturated carbocycles. The lowest BCUT2D eigenvalue weighted by Gasteiger charge is -2.11. The lowest BCUT2D eigenvalue weighted by molar-refractivity contribution is 0.229. The minimum atomic E-state index is -3.34. The first-order chi connectivity index (χ1) is 8.32. The third kappa shape index (κ3) is 4.30. The van der Waals surface area contributed by atoms with Crippen LogP contribution in [-0.2, 0) is 9.84 Å². The van der Waals surface area contributed by atoms with Crippen molar-refractivity contribution in [3.05, 3.63) is 18.3 Å². The molecule has 0 radical (unpaired) electrons. The van der Waals surface area contributed by atoms with E-state index in [-0.39, 0.29) is 17.7 Å². The molecule has 0 unspecified atom stereocenters. The standard InChI is InChI=1S/C10H15N3O4S/c1-7(6-14)12-10(15)13-8-3-4-9(11-5-8)18(2,16)17/h3-5,7,14H,6H2,1-2H3,(H2,12,13,15)/t7-/m1/s1. The van der Waals surface area contributed by atoms with Gasteiger partial charge in [-0.05, 0) is 19.1 Å². The predicted octanol–water partition coefficient (Wildman–Crippen LogP) is -0.0126. The number of anilines is 1. The zero-order valence-electron chi connectivity index (χ0n) is 10.0. The van der Waals surface area contributed by atoms with Gasteiger partial charge in [-0.3, -0.25) is 0 Å². The fraction of sp³-hybridized carbons (Fsp3) is 0.400. The van der Waals surface area contributed by atoms with E-state index in [4.69, 9.17) is 5.11 Å². The van der Waals surface area contributed by atoms with Gasteiger partial charge in [0.05, 0.1) is 24.5 Å². The number of pyridine rings is 1. The number of nitrogens with one attached hydrogen (secondary N) is 2. The van der Waals surface area contributed by atoms with E-state index in [0.717, 1.165) is 6.26 Å². The van der Waals surface area contributed by atoms with Crippen molar-refractivity contribution in [2.75, 3.05) is 18.2 Å². The van der Waals surface area contributed by atoms with Crippen LogP contribution in [0.3, 0.4) is 0 Å². The van der Waals surface area contributed by atoms with Gasteiger partial charge >= 0.3 is 6.03 Å². The van der Waals surface area contributed by atoms with E-state index in [1.54, 1.807) is 6.92 Å². The van der Waals surface area contributed by atoms with E-state index in [1.165, 1.54) is 18.3 Å². The predicted molar refractivity (Wildman–Crippen MR) is 66.0 cm³/mol. The highest BCUT2D eigenvalue weighted by Crippen LogP contribution is 2.09. The maximum Gasteiger partial charge on any atom is 0.319 e. The van der Waals surface area contributed by atoms with Crippen LogP contribution in [0.15, 0.2) is 23.4 Å². The Morgan fingerprint density at radius 1 is 1.50 bits per heavy atom. The van der Waals surface area contributed by atoms with Gasteiger partial charge in [0.1, 0.15) is 0 Å². The van der Waals surface area contributed by atoms with Crippen LogP contribution in [0, 0.1) is 0 Å². The van der Waals surface area contributed by atoms with Crippen molar-refractivity contribution in [3.8, 4) is 0 Å². The second-order valence-corrected chi connectivity index (χ2v) is 5.80. The summed E-state index contributed by atoms with van der Waals surface area (Å²) in [4.78, 5) is 15.1. The minimum Gasteiger partial charge on any atom is -0.394 e. The van der Waals surface area contributed by atoms with Gasteiger partial charge < -0.3 is 15.7 Å². The fourth-order valence-electron chi connectivity index (χ4n) is 1.11. The van der Waals surface area contributed by atoms with E-state index >= 15 is 0 Å². The van der Waals surface area contributed by atoms with Gasteiger partial charge in [-0.15, -0.1) is 0 Å². The van der Waals surface area contributed by atoms with Crippen LogP contribution in [0.2, 0.25) is 0 Å². The van der Waals surface area contributed by atoms with Crippen LogP contribution < -0.4 is 10.6 Å². The van der Waals surface area contributed by atoms with Gasteiger partial charge in [-0.2, -0.15) is 0 Å². The van der Waals surface area contributed by atoms with Crippen LogP contribution >= 0.6 is 0 Å². The SMILES string of the molecule is C[C@H](CO)NC(=O)Nc1ccc(S(C)(=O)=O)nc1.